The van der Waals surface area contributed by atoms with Crippen molar-refractivity contribution in [2.75, 3.05) is 56.9 Å². The molecule has 61 heavy (non-hydrogen) atoms. The van der Waals surface area contributed by atoms with Gasteiger partial charge in [-0.15, -0.1) is 0 Å². The Morgan fingerprint density at radius 2 is 1.62 bits per heavy atom. The van der Waals surface area contributed by atoms with Gasteiger partial charge in [0.15, 0.2) is 11.6 Å². The molecule has 0 atom stereocenters. The van der Waals surface area contributed by atoms with Crippen molar-refractivity contribution in [2.24, 2.45) is 13.0 Å². The van der Waals surface area contributed by atoms with Crippen molar-refractivity contribution in [3.8, 4) is 22.4 Å². The van der Waals surface area contributed by atoms with Gasteiger partial charge in [0.25, 0.3) is 0 Å². The molecule has 1 saturated carbocycles. The summed E-state index contributed by atoms with van der Waals surface area (Å²) >= 11 is 0. The molecule has 2 aliphatic heterocycles. The molecule has 8 rings (SSSR count). The Morgan fingerprint density at radius 3 is 2.34 bits per heavy atom. The zero-order valence-corrected chi connectivity index (χ0v) is 35.3. The number of nitrogens with zero attached hydrogens (tertiary/aromatic N) is 7. The number of amides is 3. The van der Waals surface area contributed by atoms with Crippen LogP contribution in [0.3, 0.4) is 0 Å². The lowest BCUT2D eigenvalue weighted by Crippen LogP contribution is -2.44. The van der Waals surface area contributed by atoms with E-state index in [0.717, 1.165) is 106 Å². The Balaban J connectivity index is 0.000000233. The third kappa shape index (κ3) is 11.1. The predicted octanol–water partition coefficient (Wildman–Crippen LogP) is 7.56. The first kappa shape index (κ1) is 43.2. The number of piperidine rings is 2. The molecule has 2 saturated heterocycles. The Kier molecular flexibility index (Phi) is 14.6. The SMILES string of the molecule is CNC(=O)CCN(C=O)c1nn(C)c2cc(C3CCN(CC4CCN(C(=O)OC5CCCCC5)CC4)CC3)ccc12.Nc1ncc(F)c(-c2cccc(-c3ccccc3)c2)n1. The maximum Gasteiger partial charge on any atom is 0.410 e. The molecule has 3 fully saturated rings. The number of likely N-dealkylation sites (tertiary alicyclic amines) is 2. The van der Waals surface area contributed by atoms with Crippen molar-refractivity contribution in [1.82, 2.24) is 34.9 Å². The van der Waals surface area contributed by atoms with E-state index in [1.165, 1.54) is 29.7 Å². The van der Waals surface area contributed by atoms with Crippen LogP contribution in [0, 0.1) is 11.7 Å². The zero-order chi connectivity index (χ0) is 42.7. The quantitative estimate of drug-likeness (QED) is 0.129. The summed E-state index contributed by atoms with van der Waals surface area (Å²) in [7, 11) is 3.50. The molecular formula is C47H58FN9O4. The van der Waals surface area contributed by atoms with E-state index in [9.17, 15) is 18.8 Å². The smallest absolute Gasteiger partial charge is 0.410 e. The van der Waals surface area contributed by atoms with Crippen molar-refractivity contribution in [3.63, 3.8) is 0 Å². The van der Waals surface area contributed by atoms with Gasteiger partial charge in [-0.3, -0.25) is 19.2 Å². The Morgan fingerprint density at radius 1 is 0.902 bits per heavy atom. The van der Waals surface area contributed by atoms with Crippen LogP contribution in [-0.4, -0.2) is 100 Å². The fourth-order valence-corrected chi connectivity index (χ4v) is 8.85. The van der Waals surface area contributed by atoms with Gasteiger partial charge in [-0.1, -0.05) is 61.0 Å². The van der Waals surface area contributed by atoms with E-state index in [2.05, 4.69) is 43.5 Å². The maximum absolute atomic E-state index is 13.8. The number of nitrogens with one attached hydrogen (secondary N) is 1. The van der Waals surface area contributed by atoms with Gasteiger partial charge in [0.1, 0.15) is 11.8 Å². The first-order valence-corrected chi connectivity index (χ1v) is 21.7. The van der Waals surface area contributed by atoms with Crippen molar-refractivity contribution >= 4 is 41.1 Å². The summed E-state index contributed by atoms with van der Waals surface area (Å²) in [6, 6.07) is 23.9. The van der Waals surface area contributed by atoms with E-state index in [-0.39, 0.29) is 36.2 Å². The summed E-state index contributed by atoms with van der Waals surface area (Å²) in [5.41, 5.74) is 10.8. The summed E-state index contributed by atoms with van der Waals surface area (Å²) in [4.78, 5) is 49.7. The predicted molar refractivity (Wildman–Crippen MR) is 236 cm³/mol. The van der Waals surface area contributed by atoms with Crippen molar-refractivity contribution in [1.29, 1.82) is 0 Å². The number of ether oxygens (including phenoxy) is 1. The molecule has 3 aliphatic rings. The number of rotatable bonds is 11. The maximum atomic E-state index is 13.8. The minimum Gasteiger partial charge on any atom is -0.446 e. The fourth-order valence-electron chi connectivity index (χ4n) is 8.85. The summed E-state index contributed by atoms with van der Waals surface area (Å²) in [5.74, 6) is 1.21. The van der Waals surface area contributed by atoms with Crippen LogP contribution < -0.4 is 16.0 Å². The number of aryl methyl sites for hydroxylation is 1. The highest BCUT2D eigenvalue weighted by Crippen LogP contribution is 2.34. The number of benzene rings is 3. The number of carbonyl (C=O) groups excluding carboxylic acids is 3. The zero-order valence-electron chi connectivity index (χ0n) is 35.3. The van der Waals surface area contributed by atoms with Crippen LogP contribution in [0.2, 0.25) is 0 Å². The highest BCUT2D eigenvalue weighted by molar-refractivity contribution is 5.96. The largest absolute Gasteiger partial charge is 0.446 e. The molecule has 0 unspecified atom stereocenters. The number of fused-ring (bicyclic) bond motifs is 1. The molecule has 4 heterocycles. The highest BCUT2D eigenvalue weighted by Gasteiger charge is 2.29. The number of nitrogen functional groups attached to an aromatic ring is 1. The number of carbonyl (C=O) groups is 3. The van der Waals surface area contributed by atoms with Gasteiger partial charge >= 0.3 is 6.09 Å². The van der Waals surface area contributed by atoms with E-state index >= 15 is 0 Å². The average Bonchev–Trinajstić information content (AvgIpc) is 3.63. The number of aromatic nitrogens is 4. The molecule has 0 spiro atoms. The van der Waals surface area contributed by atoms with E-state index in [4.69, 9.17) is 10.5 Å². The van der Waals surface area contributed by atoms with Crippen molar-refractivity contribution in [2.45, 2.75) is 76.2 Å². The highest BCUT2D eigenvalue weighted by atomic mass is 19.1. The summed E-state index contributed by atoms with van der Waals surface area (Å²) < 4.78 is 21.4. The van der Waals surface area contributed by atoms with Crippen LogP contribution in [0.5, 0.6) is 0 Å². The van der Waals surface area contributed by atoms with E-state index in [1.807, 2.05) is 65.2 Å². The van der Waals surface area contributed by atoms with Crippen molar-refractivity contribution < 1.29 is 23.5 Å². The van der Waals surface area contributed by atoms with Gasteiger partial charge in [-0.05, 0) is 111 Å². The minimum atomic E-state index is -0.482. The minimum absolute atomic E-state index is 0.0616. The summed E-state index contributed by atoms with van der Waals surface area (Å²) in [6.45, 7) is 5.20. The lowest BCUT2D eigenvalue weighted by atomic mass is 9.88. The van der Waals surface area contributed by atoms with Crippen LogP contribution in [0.15, 0.2) is 79.0 Å². The molecular weight excluding hydrogens is 774 g/mol. The van der Waals surface area contributed by atoms with Gasteiger partial charge in [0, 0.05) is 57.6 Å². The van der Waals surface area contributed by atoms with Gasteiger partial charge in [0.05, 0.1) is 11.7 Å². The summed E-state index contributed by atoms with van der Waals surface area (Å²) in [5, 5.41) is 8.13. The summed E-state index contributed by atoms with van der Waals surface area (Å²) in [6.07, 6.45) is 12.1. The van der Waals surface area contributed by atoms with E-state index < -0.39 is 5.82 Å². The van der Waals surface area contributed by atoms with Gasteiger partial charge in [-0.25, -0.2) is 19.2 Å². The number of nitrogens with two attached hydrogens (primary N) is 1. The first-order valence-electron chi connectivity index (χ1n) is 21.7. The lowest BCUT2D eigenvalue weighted by Gasteiger charge is -2.38. The molecule has 3 aromatic carbocycles. The van der Waals surface area contributed by atoms with Crippen LogP contribution in [0.4, 0.5) is 21.0 Å². The second kappa shape index (κ2) is 20.6. The van der Waals surface area contributed by atoms with E-state index in [0.29, 0.717) is 29.8 Å². The Hall–Kier alpha value is -5.89. The van der Waals surface area contributed by atoms with Crippen LogP contribution >= 0.6 is 0 Å². The standard InChI is InChI=1S/C31H46N6O4.C16H12FN3/c1-32-29(39)14-19-37(22-38)30-27-9-8-25(20-28(27)34(2)33-30)24-12-15-35(16-13-24)21-23-10-17-36(18-11-23)31(40)41-26-6-4-3-5-7-26;17-14-10-19-16(18)20-15(14)13-8-4-7-12(9-13)11-5-2-1-3-6-11/h8-9,20,22-24,26H,3-7,10-19,21H2,1-2H3,(H,32,39);1-10H,(H2,18,19,20). The number of hydrogen-bond acceptors (Lipinski definition) is 9. The first-order chi connectivity index (χ1) is 29.7. The van der Waals surface area contributed by atoms with Gasteiger partial charge in [-0.2, -0.15) is 5.10 Å². The molecule has 0 bridgehead atoms. The fraction of sp³-hybridized carbons (Fsp3) is 0.447. The van der Waals surface area contributed by atoms with Crippen LogP contribution in [-0.2, 0) is 21.4 Å². The van der Waals surface area contributed by atoms with Crippen LogP contribution in [0.25, 0.3) is 33.3 Å². The second-order valence-electron chi connectivity index (χ2n) is 16.5. The number of hydrogen-bond donors (Lipinski definition) is 2. The molecule has 13 nitrogen and oxygen atoms in total. The Bertz CT molecular complexity index is 2250. The number of anilines is 2. The average molecular weight is 832 g/mol. The molecule has 5 aromatic rings. The molecule has 322 valence electrons. The lowest BCUT2D eigenvalue weighted by molar-refractivity contribution is -0.120. The number of halogens is 1. The van der Waals surface area contributed by atoms with Crippen LogP contribution in [0.1, 0.15) is 75.7 Å². The third-order valence-corrected chi connectivity index (χ3v) is 12.4. The van der Waals surface area contributed by atoms with Gasteiger partial charge in [0.2, 0.25) is 18.3 Å². The molecule has 3 N–H and O–H groups in total. The molecule has 3 amide bonds. The van der Waals surface area contributed by atoms with Crippen molar-refractivity contribution in [3.05, 3.63) is 90.4 Å². The second-order valence-corrected chi connectivity index (χ2v) is 16.5. The molecule has 2 aromatic heterocycles. The Labute approximate surface area is 357 Å². The molecule has 14 heteroatoms. The molecule has 0 radical (unpaired) electrons. The monoisotopic (exact) mass is 831 g/mol. The van der Waals surface area contributed by atoms with Gasteiger partial charge < -0.3 is 25.6 Å². The normalized spacial score (nSPS) is 16.7. The third-order valence-electron chi connectivity index (χ3n) is 12.4. The topological polar surface area (TPSA) is 152 Å². The molecule has 1 aliphatic carbocycles. The van der Waals surface area contributed by atoms with E-state index in [1.54, 1.807) is 13.1 Å².